The average Bonchev–Trinajstić information content (AvgIpc) is 3.25. The van der Waals surface area contributed by atoms with E-state index in [0.717, 1.165) is 12.8 Å². The molecule has 0 atom stereocenters. The Morgan fingerprint density at radius 2 is 2.22 bits per heavy atom. The van der Waals surface area contributed by atoms with Gasteiger partial charge >= 0.3 is 0 Å². The molecule has 122 valence electrons. The van der Waals surface area contributed by atoms with Gasteiger partial charge in [-0.15, -0.1) is 0 Å². The van der Waals surface area contributed by atoms with Gasteiger partial charge in [0.05, 0.1) is 4.88 Å². The van der Waals surface area contributed by atoms with Crippen LogP contribution in [0.5, 0.6) is 0 Å². The molecule has 1 aliphatic carbocycles. The largest absolute Gasteiger partial charge is 0.375 e. The zero-order valence-electron chi connectivity index (χ0n) is 12.7. The van der Waals surface area contributed by atoms with Gasteiger partial charge in [0.25, 0.3) is 5.91 Å². The lowest BCUT2D eigenvalue weighted by molar-refractivity contribution is 0.0748. The Morgan fingerprint density at radius 1 is 1.43 bits per heavy atom. The van der Waals surface area contributed by atoms with E-state index in [2.05, 4.69) is 4.98 Å². The molecular formula is C16H19FN4OS. The summed E-state index contributed by atoms with van der Waals surface area (Å²) in [6.45, 7) is 1.57. The Kier molecular flexibility index (Phi) is 4.58. The van der Waals surface area contributed by atoms with Gasteiger partial charge in [-0.25, -0.2) is 9.37 Å². The van der Waals surface area contributed by atoms with E-state index in [1.54, 1.807) is 17.0 Å². The molecule has 1 aromatic carbocycles. The number of nitrogens with zero attached hydrogens (tertiary/aromatic N) is 2. The number of rotatable bonds is 6. The monoisotopic (exact) mass is 334 g/mol. The molecule has 5 nitrogen and oxygen atoms in total. The lowest BCUT2D eigenvalue weighted by atomic mass is 10.1. The molecule has 0 unspecified atom stereocenters. The standard InChI is InChI=1S/C16H19FN4OS/c17-12-3-1-2-11(8-12)14-13(20-16(19)23-14)15(22)21(7-6-18)9-10-4-5-10/h1-3,8,10H,4-7,9,18H2,(H2,19,20). The van der Waals surface area contributed by atoms with Gasteiger partial charge in [-0.1, -0.05) is 23.5 Å². The number of nitrogens with two attached hydrogens (primary N) is 2. The fourth-order valence-electron chi connectivity index (χ4n) is 2.50. The van der Waals surface area contributed by atoms with Crippen LogP contribution in [0.3, 0.4) is 0 Å². The molecule has 1 amide bonds. The fourth-order valence-corrected chi connectivity index (χ4v) is 3.32. The Hall–Kier alpha value is -1.99. The molecule has 0 bridgehead atoms. The Balaban J connectivity index is 1.93. The third kappa shape index (κ3) is 3.68. The highest BCUT2D eigenvalue weighted by Crippen LogP contribution is 2.34. The van der Waals surface area contributed by atoms with Gasteiger partial charge in [0, 0.05) is 19.6 Å². The summed E-state index contributed by atoms with van der Waals surface area (Å²) in [6.07, 6.45) is 2.29. The first-order chi connectivity index (χ1) is 11.1. The van der Waals surface area contributed by atoms with E-state index in [9.17, 15) is 9.18 Å². The second-order valence-electron chi connectivity index (χ2n) is 5.72. The number of amides is 1. The topological polar surface area (TPSA) is 85.2 Å². The number of hydrogen-bond acceptors (Lipinski definition) is 5. The quantitative estimate of drug-likeness (QED) is 0.849. The summed E-state index contributed by atoms with van der Waals surface area (Å²) in [7, 11) is 0. The van der Waals surface area contributed by atoms with Crippen molar-refractivity contribution < 1.29 is 9.18 Å². The van der Waals surface area contributed by atoms with Crippen LogP contribution in [-0.2, 0) is 0 Å². The molecule has 1 fully saturated rings. The Labute approximate surface area is 138 Å². The summed E-state index contributed by atoms with van der Waals surface area (Å²) >= 11 is 1.20. The van der Waals surface area contributed by atoms with Crippen molar-refractivity contribution in [2.24, 2.45) is 11.7 Å². The van der Waals surface area contributed by atoms with Crippen LogP contribution in [-0.4, -0.2) is 35.4 Å². The Bertz CT molecular complexity index is 714. The number of aromatic nitrogens is 1. The number of hydrogen-bond donors (Lipinski definition) is 2. The van der Waals surface area contributed by atoms with Crippen LogP contribution in [0.4, 0.5) is 9.52 Å². The van der Waals surface area contributed by atoms with Crippen LogP contribution in [0, 0.1) is 11.7 Å². The normalized spacial score (nSPS) is 14.0. The first-order valence-corrected chi connectivity index (χ1v) is 8.41. The number of anilines is 1. The minimum absolute atomic E-state index is 0.186. The molecule has 3 rings (SSSR count). The van der Waals surface area contributed by atoms with Gasteiger partial charge < -0.3 is 16.4 Å². The summed E-state index contributed by atoms with van der Waals surface area (Å²) in [6, 6.07) is 6.11. The molecule has 1 aromatic heterocycles. The fraction of sp³-hybridized carbons (Fsp3) is 0.375. The maximum Gasteiger partial charge on any atom is 0.274 e. The molecule has 0 saturated heterocycles. The van der Waals surface area contributed by atoms with Crippen molar-refractivity contribution in [3.05, 3.63) is 35.8 Å². The molecule has 0 aliphatic heterocycles. The van der Waals surface area contributed by atoms with Crippen LogP contribution < -0.4 is 11.5 Å². The second-order valence-corrected chi connectivity index (χ2v) is 6.75. The molecule has 0 spiro atoms. The van der Waals surface area contributed by atoms with Gasteiger partial charge in [0.1, 0.15) is 11.5 Å². The highest BCUT2D eigenvalue weighted by Gasteiger charge is 2.29. The van der Waals surface area contributed by atoms with Crippen molar-refractivity contribution in [3.8, 4) is 10.4 Å². The minimum atomic E-state index is -0.357. The molecule has 7 heteroatoms. The maximum absolute atomic E-state index is 13.5. The summed E-state index contributed by atoms with van der Waals surface area (Å²) in [5.41, 5.74) is 12.3. The van der Waals surface area contributed by atoms with Crippen LogP contribution in [0.2, 0.25) is 0 Å². The van der Waals surface area contributed by atoms with Crippen molar-refractivity contribution in [2.45, 2.75) is 12.8 Å². The lowest BCUT2D eigenvalue weighted by Crippen LogP contribution is -2.37. The van der Waals surface area contributed by atoms with E-state index >= 15 is 0 Å². The van der Waals surface area contributed by atoms with E-state index in [1.165, 1.54) is 23.5 Å². The number of benzene rings is 1. The van der Waals surface area contributed by atoms with Crippen molar-refractivity contribution in [1.82, 2.24) is 9.88 Å². The molecule has 1 heterocycles. The van der Waals surface area contributed by atoms with Gasteiger partial charge in [-0.3, -0.25) is 4.79 Å². The number of carbonyl (C=O) groups is 1. The Morgan fingerprint density at radius 3 is 2.87 bits per heavy atom. The van der Waals surface area contributed by atoms with E-state index in [4.69, 9.17) is 11.5 Å². The number of halogens is 1. The number of thiazole rings is 1. The average molecular weight is 334 g/mol. The van der Waals surface area contributed by atoms with Gasteiger partial charge in [0.2, 0.25) is 0 Å². The SMILES string of the molecule is NCCN(CC1CC1)C(=O)c1nc(N)sc1-c1cccc(F)c1. The zero-order valence-corrected chi connectivity index (χ0v) is 13.5. The highest BCUT2D eigenvalue weighted by molar-refractivity contribution is 7.19. The predicted molar refractivity (Wildman–Crippen MR) is 89.6 cm³/mol. The number of nitrogen functional groups attached to an aromatic ring is 1. The predicted octanol–water partition coefficient (Wildman–Crippen LogP) is 2.34. The lowest BCUT2D eigenvalue weighted by Gasteiger charge is -2.21. The summed E-state index contributed by atoms with van der Waals surface area (Å²) in [5, 5.41) is 0.298. The van der Waals surface area contributed by atoms with E-state index in [1.807, 2.05) is 0 Å². The molecule has 1 saturated carbocycles. The number of carbonyl (C=O) groups excluding carboxylic acids is 1. The molecule has 1 aliphatic rings. The van der Waals surface area contributed by atoms with E-state index < -0.39 is 0 Å². The third-order valence-electron chi connectivity index (χ3n) is 3.79. The zero-order chi connectivity index (χ0) is 16.4. The van der Waals surface area contributed by atoms with Crippen LogP contribution in [0.25, 0.3) is 10.4 Å². The molecular weight excluding hydrogens is 315 g/mol. The van der Waals surface area contributed by atoms with E-state index in [0.29, 0.717) is 41.1 Å². The molecule has 0 radical (unpaired) electrons. The van der Waals surface area contributed by atoms with Crippen molar-refractivity contribution in [1.29, 1.82) is 0 Å². The second kappa shape index (κ2) is 6.64. The summed E-state index contributed by atoms with van der Waals surface area (Å²) in [5.74, 6) is 0.0123. The first-order valence-electron chi connectivity index (χ1n) is 7.60. The van der Waals surface area contributed by atoms with Gasteiger partial charge in [-0.05, 0) is 36.5 Å². The highest BCUT2D eigenvalue weighted by atomic mass is 32.1. The molecule has 2 aromatic rings. The van der Waals surface area contributed by atoms with Crippen molar-refractivity contribution >= 4 is 22.4 Å². The smallest absolute Gasteiger partial charge is 0.274 e. The molecule has 4 N–H and O–H groups in total. The van der Waals surface area contributed by atoms with Gasteiger partial charge in [-0.2, -0.15) is 0 Å². The first kappa shape index (κ1) is 15.9. The van der Waals surface area contributed by atoms with Crippen LogP contribution in [0.15, 0.2) is 24.3 Å². The van der Waals surface area contributed by atoms with Crippen LogP contribution >= 0.6 is 11.3 Å². The van der Waals surface area contributed by atoms with E-state index in [-0.39, 0.29) is 17.4 Å². The van der Waals surface area contributed by atoms with Crippen molar-refractivity contribution in [2.75, 3.05) is 25.4 Å². The third-order valence-corrected chi connectivity index (χ3v) is 4.73. The van der Waals surface area contributed by atoms with Crippen LogP contribution in [0.1, 0.15) is 23.3 Å². The summed E-state index contributed by atoms with van der Waals surface area (Å²) in [4.78, 5) is 19.4. The summed E-state index contributed by atoms with van der Waals surface area (Å²) < 4.78 is 13.5. The van der Waals surface area contributed by atoms with Gasteiger partial charge in [0.15, 0.2) is 5.13 Å². The molecule has 23 heavy (non-hydrogen) atoms. The maximum atomic E-state index is 13.5. The minimum Gasteiger partial charge on any atom is -0.375 e. The van der Waals surface area contributed by atoms with Crippen molar-refractivity contribution in [3.63, 3.8) is 0 Å².